The lowest BCUT2D eigenvalue weighted by Gasteiger charge is -2.37. The van der Waals surface area contributed by atoms with Crippen LogP contribution in [-0.4, -0.2) is 21.9 Å². The fraction of sp³-hybridized carbons (Fsp3) is 0.643. The maximum atomic E-state index is 12.3. The van der Waals surface area contributed by atoms with Gasteiger partial charge >= 0.3 is 6.18 Å². The van der Waals surface area contributed by atoms with Crippen LogP contribution in [-0.2, 0) is 17.5 Å². The predicted octanol–water partition coefficient (Wildman–Crippen LogP) is 1.49. The molecule has 0 saturated heterocycles. The number of hydrogen-bond acceptors (Lipinski definition) is 4. The maximum Gasteiger partial charge on any atom is 0.451 e. The number of fused-ring (bicyclic) bond motifs is 1. The molecule has 8 heteroatoms. The number of nitrogens with one attached hydrogen (secondary N) is 1. The average molecular weight is 314 g/mol. The van der Waals surface area contributed by atoms with E-state index >= 15 is 0 Å². The van der Waals surface area contributed by atoms with Crippen molar-refractivity contribution < 1.29 is 18.0 Å². The minimum atomic E-state index is -4.55. The maximum absolute atomic E-state index is 12.3. The number of nitrogens with two attached hydrogens (primary N) is 1. The first-order valence-corrected chi connectivity index (χ1v) is 7.26. The number of halogens is 3. The summed E-state index contributed by atoms with van der Waals surface area (Å²) in [4.78, 5) is 18.6. The minimum absolute atomic E-state index is 0.0427. The summed E-state index contributed by atoms with van der Waals surface area (Å²) in [5.41, 5.74) is 6.34. The zero-order valence-corrected chi connectivity index (χ0v) is 11.8. The standard InChI is InChI=1S/C14H17F3N4O/c15-14(16,17)13-20-5-7(6-21-13)4-19-12(22)9-1-8-3-11(18)10(8)2-9/h5-6,8-11H,1-4,18H2,(H,19,22)/t8-,9?,10-,11+/m0/s1. The van der Waals surface area contributed by atoms with Crippen molar-refractivity contribution in [2.24, 2.45) is 23.5 Å². The molecule has 0 aliphatic heterocycles. The molecule has 2 aliphatic carbocycles. The molecule has 1 aromatic heterocycles. The first kappa shape index (κ1) is 15.2. The van der Waals surface area contributed by atoms with Crippen molar-refractivity contribution in [3.63, 3.8) is 0 Å². The van der Waals surface area contributed by atoms with E-state index in [0.29, 0.717) is 17.4 Å². The number of hydrogen-bond donors (Lipinski definition) is 2. The van der Waals surface area contributed by atoms with Crippen LogP contribution in [0, 0.1) is 17.8 Å². The van der Waals surface area contributed by atoms with E-state index in [4.69, 9.17) is 5.73 Å². The zero-order chi connectivity index (χ0) is 15.9. The Labute approximate surface area is 125 Å². The smallest absolute Gasteiger partial charge is 0.352 e. The molecule has 0 radical (unpaired) electrons. The quantitative estimate of drug-likeness (QED) is 0.885. The largest absolute Gasteiger partial charge is 0.451 e. The number of carbonyl (C=O) groups excluding carboxylic acids is 1. The van der Waals surface area contributed by atoms with Crippen LogP contribution in [0.15, 0.2) is 12.4 Å². The summed E-state index contributed by atoms with van der Waals surface area (Å²) in [6, 6.07) is 0.214. The first-order chi connectivity index (χ1) is 10.3. The summed E-state index contributed by atoms with van der Waals surface area (Å²) in [5, 5.41) is 2.74. The third kappa shape index (κ3) is 2.92. The van der Waals surface area contributed by atoms with Crippen molar-refractivity contribution in [2.45, 2.75) is 38.0 Å². The highest BCUT2D eigenvalue weighted by Crippen LogP contribution is 2.48. The second kappa shape index (κ2) is 5.49. The molecular formula is C14H17F3N4O. The number of rotatable bonds is 3. The number of amides is 1. The Morgan fingerprint density at radius 3 is 2.50 bits per heavy atom. The molecule has 1 unspecified atom stereocenters. The number of aromatic nitrogens is 2. The van der Waals surface area contributed by atoms with Crippen molar-refractivity contribution in [2.75, 3.05) is 0 Å². The molecule has 3 N–H and O–H groups in total. The van der Waals surface area contributed by atoms with Gasteiger partial charge in [-0.1, -0.05) is 0 Å². The molecular weight excluding hydrogens is 297 g/mol. The van der Waals surface area contributed by atoms with E-state index in [9.17, 15) is 18.0 Å². The van der Waals surface area contributed by atoms with Gasteiger partial charge in [0.15, 0.2) is 0 Å². The Kier molecular flexibility index (Phi) is 3.80. The Morgan fingerprint density at radius 1 is 1.27 bits per heavy atom. The third-order valence-electron chi connectivity index (χ3n) is 4.67. The molecule has 5 nitrogen and oxygen atoms in total. The monoisotopic (exact) mass is 314 g/mol. The van der Waals surface area contributed by atoms with Crippen molar-refractivity contribution in [3.05, 3.63) is 23.8 Å². The van der Waals surface area contributed by atoms with Crippen molar-refractivity contribution in [1.82, 2.24) is 15.3 Å². The van der Waals surface area contributed by atoms with Crippen LogP contribution < -0.4 is 11.1 Å². The first-order valence-electron chi connectivity index (χ1n) is 7.26. The molecule has 3 rings (SSSR count). The van der Waals surface area contributed by atoms with Gasteiger partial charge in [-0.25, -0.2) is 9.97 Å². The highest BCUT2D eigenvalue weighted by molar-refractivity contribution is 5.79. The van der Waals surface area contributed by atoms with Gasteiger partial charge in [-0.15, -0.1) is 0 Å². The van der Waals surface area contributed by atoms with Crippen LogP contribution in [0.1, 0.15) is 30.7 Å². The lowest BCUT2D eigenvalue weighted by atomic mass is 9.72. The van der Waals surface area contributed by atoms with E-state index in [-0.39, 0.29) is 24.4 Å². The Bertz CT molecular complexity index is 560. The number of carbonyl (C=O) groups is 1. The Hall–Kier alpha value is -1.70. The molecule has 2 saturated carbocycles. The summed E-state index contributed by atoms with van der Waals surface area (Å²) >= 11 is 0. The third-order valence-corrected chi connectivity index (χ3v) is 4.67. The number of alkyl halides is 3. The van der Waals surface area contributed by atoms with Gasteiger partial charge < -0.3 is 11.1 Å². The molecule has 4 atom stereocenters. The fourth-order valence-corrected chi connectivity index (χ4v) is 3.42. The predicted molar refractivity (Wildman–Crippen MR) is 71.2 cm³/mol. The van der Waals surface area contributed by atoms with Crippen molar-refractivity contribution in [1.29, 1.82) is 0 Å². The molecule has 0 spiro atoms. The van der Waals surface area contributed by atoms with Gasteiger partial charge in [0.1, 0.15) is 0 Å². The molecule has 22 heavy (non-hydrogen) atoms. The molecule has 120 valence electrons. The lowest BCUT2D eigenvalue weighted by Crippen LogP contribution is -2.44. The SMILES string of the molecule is N[C@@H]1C[C@@H]2CC(C(=O)NCc3cnc(C(F)(F)F)nc3)C[C@@H]21. The van der Waals surface area contributed by atoms with E-state index in [1.807, 2.05) is 0 Å². The normalized spacial score (nSPS) is 30.5. The van der Waals surface area contributed by atoms with E-state index < -0.39 is 12.0 Å². The van der Waals surface area contributed by atoms with Gasteiger partial charge in [-0.3, -0.25) is 4.79 Å². The molecule has 0 bridgehead atoms. The number of nitrogens with zero attached hydrogens (tertiary/aromatic N) is 2. The minimum Gasteiger partial charge on any atom is -0.352 e. The van der Waals surface area contributed by atoms with Gasteiger partial charge in [-0.2, -0.15) is 13.2 Å². The van der Waals surface area contributed by atoms with Crippen molar-refractivity contribution >= 4 is 5.91 Å². The molecule has 1 amide bonds. The van der Waals surface area contributed by atoms with Crippen LogP contribution in [0.4, 0.5) is 13.2 Å². The summed E-state index contributed by atoms with van der Waals surface area (Å²) in [6.07, 6.45) is 0.272. The topological polar surface area (TPSA) is 80.9 Å². The van der Waals surface area contributed by atoms with Gasteiger partial charge in [0.2, 0.25) is 11.7 Å². The molecule has 0 aromatic carbocycles. The second-order valence-electron chi connectivity index (χ2n) is 6.12. The van der Waals surface area contributed by atoms with E-state index in [0.717, 1.165) is 31.7 Å². The van der Waals surface area contributed by atoms with E-state index in [1.165, 1.54) is 0 Å². The van der Waals surface area contributed by atoms with Gasteiger partial charge in [0, 0.05) is 36.5 Å². The molecule has 2 fully saturated rings. The Morgan fingerprint density at radius 2 is 1.95 bits per heavy atom. The molecule has 2 aliphatic rings. The van der Waals surface area contributed by atoms with Crippen LogP contribution >= 0.6 is 0 Å². The van der Waals surface area contributed by atoms with Crippen LogP contribution in [0.25, 0.3) is 0 Å². The molecule has 1 aromatic rings. The van der Waals surface area contributed by atoms with E-state index in [2.05, 4.69) is 15.3 Å². The van der Waals surface area contributed by atoms with Gasteiger partial charge in [0.25, 0.3) is 0 Å². The highest BCUT2D eigenvalue weighted by atomic mass is 19.4. The summed E-state index contributed by atoms with van der Waals surface area (Å²) in [6.45, 7) is 0.134. The van der Waals surface area contributed by atoms with Crippen LogP contribution in [0.5, 0.6) is 0 Å². The highest BCUT2D eigenvalue weighted by Gasteiger charge is 2.47. The van der Waals surface area contributed by atoms with Gasteiger partial charge in [-0.05, 0) is 31.1 Å². The average Bonchev–Trinajstić information content (AvgIpc) is 2.81. The van der Waals surface area contributed by atoms with Crippen LogP contribution in [0.2, 0.25) is 0 Å². The van der Waals surface area contributed by atoms with Gasteiger partial charge in [0.05, 0.1) is 0 Å². The van der Waals surface area contributed by atoms with Crippen molar-refractivity contribution in [3.8, 4) is 0 Å². The fourth-order valence-electron chi connectivity index (χ4n) is 3.42. The summed E-state index contributed by atoms with van der Waals surface area (Å²) in [7, 11) is 0. The Balaban J connectivity index is 1.51. The lowest BCUT2D eigenvalue weighted by molar-refractivity contribution is -0.145. The summed E-state index contributed by atoms with van der Waals surface area (Å²) in [5.74, 6) is -0.283. The second-order valence-corrected chi connectivity index (χ2v) is 6.12. The molecule has 1 heterocycles. The zero-order valence-electron chi connectivity index (χ0n) is 11.8. The summed E-state index contributed by atoms with van der Waals surface area (Å²) < 4.78 is 37.0. The van der Waals surface area contributed by atoms with Crippen LogP contribution in [0.3, 0.4) is 0 Å². The van der Waals surface area contributed by atoms with E-state index in [1.54, 1.807) is 0 Å².